The Kier molecular flexibility index (Phi) is 8.30. The van der Waals surface area contributed by atoms with E-state index in [0.717, 1.165) is 12.1 Å². The van der Waals surface area contributed by atoms with Crippen molar-refractivity contribution in [2.45, 2.75) is 19.0 Å². The average molecular weight is 446 g/mol. The number of carboxylic acid groups (broad SMARTS) is 1. The highest BCUT2D eigenvalue weighted by atomic mass is 19.1. The molecule has 0 spiro atoms. The van der Waals surface area contributed by atoms with Crippen LogP contribution in [0.5, 0.6) is 0 Å². The van der Waals surface area contributed by atoms with Gasteiger partial charge in [0.05, 0.1) is 19.1 Å². The first-order chi connectivity index (χ1) is 15.5. The Labute approximate surface area is 186 Å². The maximum Gasteiger partial charge on any atom is 0.290 e. The minimum absolute atomic E-state index is 0.0129. The molecule has 0 aromatic heterocycles. The van der Waals surface area contributed by atoms with Gasteiger partial charge in [0, 0.05) is 44.8 Å². The third kappa shape index (κ3) is 5.31. The molecule has 1 amide bonds. The van der Waals surface area contributed by atoms with Crippen LogP contribution in [0, 0.1) is 23.5 Å². The highest BCUT2D eigenvalue weighted by Gasteiger charge is 2.48. The van der Waals surface area contributed by atoms with Crippen molar-refractivity contribution in [3.8, 4) is 0 Å². The maximum absolute atomic E-state index is 14.1. The number of rotatable bonds is 6. The average Bonchev–Trinajstić information content (AvgIpc) is 3.33. The molecule has 1 N–H and O–H groups in total. The Balaban J connectivity index is 0.000000913. The largest absolute Gasteiger partial charge is 0.483 e. The van der Waals surface area contributed by atoms with E-state index in [4.69, 9.17) is 14.6 Å². The number of hydrogen-bond donors (Lipinski definition) is 1. The second kappa shape index (κ2) is 11.2. The van der Waals surface area contributed by atoms with E-state index in [9.17, 15) is 13.6 Å². The zero-order valence-corrected chi connectivity index (χ0v) is 18.0. The van der Waals surface area contributed by atoms with Crippen LogP contribution in [0.1, 0.15) is 23.6 Å². The standard InChI is InChI=1S/C23H26F2N2O2.CH2O2/c1-29-11-10-22(28)27-13-17-12-26(15-19-20(24)8-5-9-21(19)25)14-18(17)23(27)16-6-3-2-4-7-16;2-1-3/h2-9,17-18,23H,10-15H2,1H3;1H,(H,2,3)/t17-,18-,23+;/m0./s1. The number of methoxy groups -OCH3 is 1. The molecular formula is C24H28F2N2O4. The third-order valence-electron chi connectivity index (χ3n) is 6.16. The molecule has 2 heterocycles. The number of nitrogens with zero attached hydrogens (tertiary/aromatic N) is 2. The van der Waals surface area contributed by atoms with E-state index >= 15 is 0 Å². The summed E-state index contributed by atoms with van der Waals surface area (Å²) in [6.45, 7) is 2.53. The number of amides is 1. The van der Waals surface area contributed by atoms with E-state index in [0.29, 0.717) is 32.0 Å². The molecule has 0 aliphatic carbocycles. The number of carbonyl (C=O) groups excluding carboxylic acids is 1. The molecule has 2 fully saturated rings. The summed E-state index contributed by atoms with van der Waals surface area (Å²) in [5, 5.41) is 6.89. The van der Waals surface area contributed by atoms with Gasteiger partial charge < -0.3 is 14.7 Å². The van der Waals surface area contributed by atoms with Gasteiger partial charge in [-0.1, -0.05) is 36.4 Å². The van der Waals surface area contributed by atoms with Gasteiger partial charge in [-0.15, -0.1) is 0 Å². The van der Waals surface area contributed by atoms with Crippen molar-refractivity contribution in [2.75, 3.05) is 33.4 Å². The Hall–Kier alpha value is -2.84. The molecule has 2 aliphatic rings. The van der Waals surface area contributed by atoms with E-state index < -0.39 is 11.6 Å². The van der Waals surface area contributed by atoms with Gasteiger partial charge in [-0.2, -0.15) is 0 Å². The minimum Gasteiger partial charge on any atom is -0.483 e. The van der Waals surface area contributed by atoms with Gasteiger partial charge in [-0.05, 0) is 23.6 Å². The van der Waals surface area contributed by atoms with Crippen molar-refractivity contribution >= 4 is 12.4 Å². The quantitative estimate of drug-likeness (QED) is 0.690. The second-order valence-electron chi connectivity index (χ2n) is 8.07. The van der Waals surface area contributed by atoms with Gasteiger partial charge in [-0.25, -0.2) is 8.78 Å². The second-order valence-corrected chi connectivity index (χ2v) is 8.07. The zero-order valence-electron chi connectivity index (χ0n) is 18.0. The number of hydrogen-bond acceptors (Lipinski definition) is 4. The molecule has 172 valence electrons. The van der Waals surface area contributed by atoms with Crippen LogP contribution < -0.4 is 0 Å². The lowest BCUT2D eigenvalue weighted by Crippen LogP contribution is -2.36. The predicted octanol–water partition coefficient (Wildman–Crippen LogP) is 3.33. The summed E-state index contributed by atoms with van der Waals surface area (Å²) in [7, 11) is 1.60. The van der Waals surface area contributed by atoms with Gasteiger partial charge >= 0.3 is 0 Å². The van der Waals surface area contributed by atoms with Crippen molar-refractivity contribution in [2.24, 2.45) is 11.8 Å². The fourth-order valence-electron chi connectivity index (χ4n) is 4.84. The van der Waals surface area contributed by atoms with Crippen LogP contribution in [0.3, 0.4) is 0 Å². The van der Waals surface area contributed by atoms with Gasteiger partial charge in [0.1, 0.15) is 11.6 Å². The summed E-state index contributed by atoms with van der Waals surface area (Å²) >= 11 is 0. The smallest absolute Gasteiger partial charge is 0.290 e. The van der Waals surface area contributed by atoms with Gasteiger partial charge in [-0.3, -0.25) is 14.5 Å². The third-order valence-corrected chi connectivity index (χ3v) is 6.16. The van der Waals surface area contributed by atoms with E-state index in [1.54, 1.807) is 7.11 Å². The van der Waals surface area contributed by atoms with Crippen molar-refractivity contribution in [1.29, 1.82) is 0 Å². The van der Waals surface area contributed by atoms with Crippen molar-refractivity contribution in [1.82, 2.24) is 9.80 Å². The van der Waals surface area contributed by atoms with Crippen molar-refractivity contribution in [3.63, 3.8) is 0 Å². The van der Waals surface area contributed by atoms with E-state index in [2.05, 4.69) is 17.0 Å². The molecule has 8 heteroatoms. The van der Waals surface area contributed by atoms with E-state index in [1.165, 1.54) is 18.2 Å². The number of benzene rings is 2. The lowest BCUT2D eigenvalue weighted by atomic mass is 9.89. The Morgan fingerprint density at radius 1 is 1.09 bits per heavy atom. The molecule has 2 aromatic rings. The molecule has 0 bridgehead atoms. The highest BCUT2D eigenvalue weighted by molar-refractivity contribution is 5.77. The summed E-state index contributed by atoms with van der Waals surface area (Å²) in [4.78, 5) is 25.3. The SMILES string of the molecule is COCCC(=O)N1C[C@@H]2CN(Cc3c(F)cccc3F)C[C@@H]2[C@H]1c1ccccc1.O=CO. The predicted molar refractivity (Wildman–Crippen MR) is 115 cm³/mol. The Morgan fingerprint density at radius 2 is 1.75 bits per heavy atom. The van der Waals surface area contributed by atoms with Crippen molar-refractivity contribution < 1.29 is 28.2 Å². The number of carbonyl (C=O) groups is 2. The lowest BCUT2D eigenvalue weighted by molar-refractivity contribution is -0.133. The molecule has 2 aliphatic heterocycles. The number of ether oxygens (including phenoxy) is 1. The number of fused-ring (bicyclic) bond motifs is 1. The van der Waals surface area contributed by atoms with Crippen LogP contribution in [-0.4, -0.2) is 60.6 Å². The topological polar surface area (TPSA) is 70.1 Å². The molecular weight excluding hydrogens is 418 g/mol. The highest BCUT2D eigenvalue weighted by Crippen LogP contribution is 2.45. The van der Waals surface area contributed by atoms with Gasteiger partial charge in [0.2, 0.25) is 5.91 Å². The van der Waals surface area contributed by atoms with Crippen molar-refractivity contribution in [3.05, 3.63) is 71.3 Å². The zero-order chi connectivity index (χ0) is 23.1. The summed E-state index contributed by atoms with van der Waals surface area (Å²) in [6.07, 6.45) is 0.365. The van der Waals surface area contributed by atoms with Crippen LogP contribution in [0.2, 0.25) is 0 Å². The van der Waals surface area contributed by atoms with E-state index in [-0.39, 0.29) is 36.4 Å². The Bertz CT molecular complexity index is 892. The molecule has 0 saturated carbocycles. The van der Waals surface area contributed by atoms with Crippen LogP contribution in [0.4, 0.5) is 8.78 Å². The molecule has 0 radical (unpaired) electrons. The van der Waals surface area contributed by atoms with Crippen LogP contribution in [-0.2, 0) is 20.9 Å². The van der Waals surface area contributed by atoms with Gasteiger partial charge in [0.25, 0.3) is 6.47 Å². The fraction of sp³-hybridized carbons (Fsp3) is 0.417. The van der Waals surface area contributed by atoms with Crippen LogP contribution >= 0.6 is 0 Å². The summed E-state index contributed by atoms with van der Waals surface area (Å²) in [6, 6.07) is 14.0. The maximum atomic E-state index is 14.1. The van der Waals surface area contributed by atoms with Crippen LogP contribution in [0.25, 0.3) is 0 Å². The molecule has 2 aromatic carbocycles. The Morgan fingerprint density at radius 3 is 2.38 bits per heavy atom. The molecule has 32 heavy (non-hydrogen) atoms. The fourth-order valence-corrected chi connectivity index (χ4v) is 4.84. The van der Waals surface area contributed by atoms with Crippen LogP contribution in [0.15, 0.2) is 48.5 Å². The lowest BCUT2D eigenvalue weighted by Gasteiger charge is -2.30. The van der Waals surface area contributed by atoms with Gasteiger partial charge in [0.15, 0.2) is 0 Å². The monoisotopic (exact) mass is 446 g/mol. The molecule has 0 unspecified atom stereocenters. The number of halogens is 2. The first-order valence-electron chi connectivity index (χ1n) is 10.6. The summed E-state index contributed by atoms with van der Waals surface area (Å²) in [5.74, 6) is -0.363. The normalized spacial score (nSPS) is 22.2. The molecule has 4 rings (SSSR count). The number of likely N-dealkylation sites (tertiary alicyclic amines) is 2. The van der Waals surface area contributed by atoms with E-state index in [1.807, 2.05) is 23.1 Å². The first kappa shape index (κ1) is 23.8. The molecule has 2 saturated heterocycles. The summed E-state index contributed by atoms with van der Waals surface area (Å²) < 4.78 is 33.3. The molecule has 6 nitrogen and oxygen atoms in total. The first-order valence-corrected chi connectivity index (χ1v) is 10.6. The molecule has 3 atom stereocenters. The minimum atomic E-state index is -0.502. The summed E-state index contributed by atoms with van der Waals surface area (Å²) in [5.41, 5.74) is 1.24.